The van der Waals surface area contributed by atoms with E-state index in [1.54, 1.807) is 30.3 Å². The van der Waals surface area contributed by atoms with Crippen molar-refractivity contribution >= 4 is 15.8 Å². The van der Waals surface area contributed by atoms with Crippen LogP contribution < -0.4 is 20.1 Å². The van der Waals surface area contributed by atoms with Gasteiger partial charge in [-0.1, -0.05) is 24.3 Å². The highest BCUT2D eigenvalue weighted by Gasteiger charge is 2.14. The molecular weight excluding hydrogens is 378 g/mol. The van der Waals surface area contributed by atoms with Crippen LogP contribution in [-0.2, 0) is 16.4 Å². The molecule has 2 aromatic carbocycles. The average Bonchev–Trinajstić information content (AvgIpc) is 3.18. The summed E-state index contributed by atoms with van der Waals surface area (Å²) in [6.07, 6.45) is 0.492. The van der Waals surface area contributed by atoms with E-state index in [0.717, 1.165) is 23.6 Å². The number of nitrogens with one attached hydrogen (secondary N) is 2. The van der Waals surface area contributed by atoms with Crippen LogP contribution >= 0.6 is 0 Å². The highest BCUT2D eigenvalue weighted by atomic mass is 32.2. The number of rotatable bonds is 8. The van der Waals surface area contributed by atoms with Crippen molar-refractivity contribution < 1.29 is 17.9 Å². The number of hydrogen-bond acceptors (Lipinski definition) is 5. The summed E-state index contributed by atoms with van der Waals surface area (Å²) in [7, 11) is -3.26. The van der Waals surface area contributed by atoms with E-state index in [4.69, 9.17) is 9.47 Å². The highest BCUT2D eigenvalue weighted by molar-refractivity contribution is 7.91. The molecule has 0 unspecified atom stereocenters. The Bertz CT molecular complexity index is 914. The highest BCUT2D eigenvalue weighted by Crippen LogP contribution is 2.32. The zero-order chi connectivity index (χ0) is 19.8. The van der Waals surface area contributed by atoms with Crippen LogP contribution in [0.1, 0.15) is 18.9 Å². The zero-order valence-electron chi connectivity index (χ0n) is 15.8. The van der Waals surface area contributed by atoms with Gasteiger partial charge in [0.15, 0.2) is 27.3 Å². The van der Waals surface area contributed by atoms with Crippen LogP contribution in [0.25, 0.3) is 0 Å². The summed E-state index contributed by atoms with van der Waals surface area (Å²) in [6, 6.07) is 14.3. The maximum atomic E-state index is 12.3. The van der Waals surface area contributed by atoms with Crippen molar-refractivity contribution in [3.63, 3.8) is 0 Å². The molecule has 1 heterocycles. The van der Waals surface area contributed by atoms with Gasteiger partial charge in [-0.15, -0.1) is 0 Å². The molecule has 0 aromatic heterocycles. The molecule has 1 aliphatic rings. The van der Waals surface area contributed by atoms with E-state index in [1.807, 2.05) is 25.1 Å². The molecule has 0 saturated heterocycles. The smallest absolute Gasteiger partial charge is 0.231 e. The van der Waals surface area contributed by atoms with Gasteiger partial charge in [0.1, 0.15) is 0 Å². The van der Waals surface area contributed by atoms with Crippen molar-refractivity contribution in [2.45, 2.75) is 24.8 Å². The van der Waals surface area contributed by atoms with Crippen molar-refractivity contribution in [2.75, 3.05) is 25.6 Å². The molecule has 7 nitrogen and oxygen atoms in total. The molecule has 0 atom stereocenters. The van der Waals surface area contributed by atoms with Gasteiger partial charge in [-0.05, 0) is 43.2 Å². The zero-order valence-corrected chi connectivity index (χ0v) is 16.7. The third-order valence-electron chi connectivity index (χ3n) is 4.19. The second-order valence-corrected chi connectivity index (χ2v) is 8.40. The van der Waals surface area contributed by atoms with Crippen LogP contribution in [-0.4, -0.2) is 40.0 Å². The molecule has 1 aliphatic heterocycles. The fourth-order valence-corrected chi connectivity index (χ4v) is 4.10. The molecule has 0 saturated carbocycles. The van der Waals surface area contributed by atoms with E-state index >= 15 is 0 Å². The summed E-state index contributed by atoms with van der Waals surface area (Å²) in [4.78, 5) is 4.91. The number of nitrogens with zero attached hydrogens (tertiary/aromatic N) is 1. The average molecular weight is 404 g/mol. The fourth-order valence-electron chi connectivity index (χ4n) is 2.77. The number of guanidine groups is 1. The van der Waals surface area contributed by atoms with Crippen LogP contribution in [0, 0.1) is 0 Å². The van der Waals surface area contributed by atoms with E-state index in [-0.39, 0.29) is 12.5 Å². The predicted molar refractivity (Wildman–Crippen MR) is 108 cm³/mol. The van der Waals surface area contributed by atoms with Crippen molar-refractivity contribution in [1.82, 2.24) is 10.6 Å². The summed E-state index contributed by atoms with van der Waals surface area (Å²) in [5, 5.41) is 6.35. The topological polar surface area (TPSA) is 89.0 Å². The van der Waals surface area contributed by atoms with E-state index in [0.29, 0.717) is 30.4 Å². The molecule has 0 bridgehead atoms. The predicted octanol–water partition coefficient (Wildman–Crippen LogP) is 2.33. The molecule has 8 heteroatoms. The number of hydrogen-bond donors (Lipinski definition) is 2. The van der Waals surface area contributed by atoms with Gasteiger partial charge in [-0.2, -0.15) is 0 Å². The van der Waals surface area contributed by atoms with Gasteiger partial charge in [-0.3, -0.25) is 0 Å². The normalized spacial score (nSPS) is 13.4. The van der Waals surface area contributed by atoms with E-state index in [9.17, 15) is 8.42 Å². The first kappa shape index (κ1) is 20.0. The maximum absolute atomic E-state index is 12.3. The Hall–Kier alpha value is -2.74. The van der Waals surface area contributed by atoms with Crippen molar-refractivity contribution in [3.05, 3.63) is 54.1 Å². The summed E-state index contributed by atoms with van der Waals surface area (Å²) < 4.78 is 35.3. The quantitative estimate of drug-likeness (QED) is 0.400. The Labute approximate surface area is 165 Å². The SMILES string of the molecule is CCNC(=NCc1ccc2c(c1)OCO2)NCCCS(=O)(=O)c1ccccc1. The number of sulfone groups is 1. The molecule has 2 N–H and O–H groups in total. The number of benzene rings is 2. The first-order valence-corrected chi connectivity index (χ1v) is 10.9. The molecule has 0 aliphatic carbocycles. The second kappa shape index (κ2) is 9.45. The Kier molecular flexibility index (Phi) is 6.76. The largest absolute Gasteiger partial charge is 0.454 e. The molecule has 28 heavy (non-hydrogen) atoms. The van der Waals surface area contributed by atoms with E-state index in [1.165, 1.54) is 0 Å². The Morgan fingerprint density at radius 2 is 1.86 bits per heavy atom. The van der Waals surface area contributed by atoms with Crippen LogP contribution in [0.15, 0.2) is 58.4 Å². The second-order valence-electron chi connectivity index (χ2n) is 6.30. The summed E-state index contributed by atoms with van der Waals surface area (Å²) in [5.41, 5.74) is 1.01. The van der Waals surface area contributed by atoms with Gasteiger partial charge in [0.05, 0.1) is 17.2 Å². The molecule has 0 spiro atoms. The minimum Gasteiger partial charge on any atom is -0.454 e. The Balaban J connectivity index is 1.51. The third kappa shape index (κ3) is 5.39. The minimum atomic E-state index is -3.26. The molecule has 2 aromatic rings. The molecule has 3 rings (SSSR count). The summed E-state index contributed by atoms with van der Waals surface area (Å²) >= 11 is 0. The maximum Gasteiger partial charge on any atom is 0.231 e. The minimum absolute atomic E-state index is 0.0889. The summed E-state index contributed by atoms with van der Waals surface area (Å²) in [6.45, 7) is 3.94. The fraction of sp³-hybridized carbons (Fsp3) is 0.350. The van der Waals surface area contributed by atoms with Gasteiger partial charge in [0.2, 0.25) is 6.79 Å². The molecule has 150 valence electrons. The van der Waals surface area contributed by atoms with Crippen molar-refractivity contribution in [2.24, 2.45) is 4.99 Å². The lowest BCUT2D eigenvalue weighted by molar-refractivity contribution is 0.174. The number of ether oxygens (including phenoxy) is 2. The van der Waals surface area contributed by atoms with Gasteiger partial charge >= 0.3 is 0 Å². The van der Waals surface area contributed by atoms with Gasteiger partial charge in [-0.25, -0.2) is 13.4 Å². The first-order chi connectivity index (χ1) is 13.6. The molecular formula is C20H25N3O4S. The van der Waals surface area contributed by atoms with Crippen molar-refractivity contribution in [1.29, 1.82) is 0 Å². The van der Waals surface area contributed by atoms with Crippen LogP contribution in [0.5, 0.6) is 11.5 Å². The lowest BCUT2D eigenvalue weighted by atomic mass is 10.2. The molecule has 0 amide bonds. The van der Waals surface area contributed by atoms with E-state index in [2.05, 4.69) is 15.6 Å². The third-order valence-corrected chi connectivity index (χ3v) is 6.00. The van der Waals surface area contributed by atoms with Crippen molar-refractivity contribution in [3.8, 4) is 11.5 Å². The lowest BCUT2D eigenvalue weighted by Gasteiger charge is -2.11. The Morgan fingerprint density at radius 1 is 1.07 bits per heavy atom. The number of aliphatic imine (C=N–C) groups is 1. The Morgan fingerprint density at radius 3 is 2.64 bits per heavy atom. The monoisotopic (exact) mass is 403 g/mol. The van der Waals surface area contributed by atoms with Crippen LogP contribution in [0.3, 0.4) is 0 Å². The van der Waals surface area contributed by atoms with E-state index < -0.39 is 9.84 Å². The molecule has 0 fully saturated rings. The van der Waals surface area contributed by atoms with Gasteiger partial charge < -0.3 is 20.1 Å². The first-order valence-electron chi connectivity index (χ1n) is 9.27. The van der Waals surface area contributed by atoms with Gasteiger partial charge in [0.25, 0.3) is 0 Å². The molecule has 0 radical (unpaired) electrons. The standard InChI is InChI=1S/C20H25N3O4S/c1-2-21-20(23-14-16-9-10-18-19(13-16)27-15-26-18)22-11-6-12-28(24,25)17-7-4-3-5-8-17/h3-5,7-10,13H,2,6,11-12,14-15H2,1H3,(H2,21,22,23). The summed E-state index contributed by atoms with van der Waals surface area (Å²) in [5.74, 6) is 2.22. The number of fused-ring (bicyclic) bond motifs is 1. The van der Waals surface area contributed by atoms with Crippen LogP contribution in [0.4, 0.5) is 0 Å². The lowest BCUT2D eigenvalue weighted by Crippen LogP contribution is -2.38. The van der Waals surface area contributed by atoms with Crippen LogP contribution in [0.2, 0.25) is 0 Å². The van der Waals surface area contributed by atoms with Gasteiger partial charge in [0, 0.05) is 13.1 Å².